The minimum absolute atomic E-state index is 0.130. The first kappa shape index (κ1) is 12.3. The van der Waals surface area contributed by atoms with Crippen LogP contribution in [0.3, 0.4) is 0 Å². The second kappa shape index (κ2) is 4.62. The van der Waals surface area contributed by atoms with Crippen LogP contribution in [0.4, 0.5) is 5.69 Å². The number of pyridine rings is 1. The minimum atomic E-state index is -0.798. The summed E-state index contributed by atoms with van der Waals surface area (Å²) >= 11 is 0. The molecular formula is C12H7N3O4. The van der Waals surface area contributed by atoms with Gasteiger partial charge in [-0.1, -0.05) is 5.92 Å². The fourth-order valence-electron chi connectivity index (χ4n) is 1.55. The summed E-state index contributed by atoms with van der Waals surface area (Å²) in [6.45, 7) is 0. The molecule has 1 heterocycles. The molecule has 0 atom stereocenters. The zero-order valence-corrected chi connectivity index (χ0v) is 9.47. The summed E-state index contributed by atoms with van der Waals surface area (Å²) in [4.78, 5) is 34.9. The minimum Gasteiger partial charge on any atom is -0.359 e. The van der Waals surface area contributed by atoms with Crippen LogP contribution in [0.2, 0.25) is 0 Å². The molecule has 19 heavy (non-hydrogen) atoms. The van der Waals surface area contributed by atoms with Gasteiger partial charge in [0.15, 0.2) is 0 Å². The number of carbonyl (C=O) groups is 1. The van der Waals surface area contributed by atoms with Crippen molar-refractivity contribution in [2.45, 2.75) is 0 Å². The third kappa shape index (κ3) is 2.42. The van der Waals surface area contributed by atoms with Crippen LogP contribution in [0.25, 0.3) is 10.9 Å². The second-order valence-electron chi connectivity index (χ2n) is 3.63. The number of nitrogens with one attached hydrogen (secondary N) is 1. The van der Waals surface area contributed by atoms with E-state index >= 15 is 0 Å². The predicted octanol–water partition coefficient (Wildman–Crippen LogP) is 0.273. The standard InChI is InChI=1S/C12H7N3O4/c13-11(16)4-2-7-1-3-9-8(5-7)12(17)10(6-14-9)15(18)19/h1,3,5-6H,(H2,13,16)(H,14,17). The molecule has 2 aromatic rings. The Bertz CT molecular complexity index is 811. The first-order valence-electron chi connectivity index (χ1n) is 5.10. The number of aromatic amines is 1. The predicted molar refractivity (Wildman–Crippen MR) is 67.3 cm³/mol. The Labute approximate surface area is 106 Å². The summed E-state index contributed by atoms with van der Waals surface area (Å²) in [5, 5.41) is 10.8. The van der Waals surface area contributed by atoms with Gasteiger partial charge in [-0.3, -0.25) is 19.7 Å². The van der Waals surface area contributed by atoms with E-state index in [-0.39, 0.29) is 5.39 Å². The zero-order valence-electron chi connectivity index (χ0n) is 9.47. The summed E-state index contributed by atoms with van der Waals surface area (Å²) in [6.07, 6.45) is 1.04. The average Bonchev–Trinajstić information content (AvgIpc) is 2.36. The Morgan fingerprint density at radius 3 is 2.79 bits per heavy atom. The summed E-state index contributed by atoms with van der Waals surface area (Å²) in [6, 6.07) is 4.49. The number of hydrogen-bond acceptors (Lipinski definition) is 4. The first-order chi connectivity index (χ1) is 8.99. The molecule has 1 aromatic heterocycles. The summed E-state index contributed by atoms with van der Waals surface area (Å²) in [7, 11) is 0. The zero-order chi connectivity index (χ0) is 14.0. The van der Waals surface area contributed by atoms with E-state index < -0.39 is 21.9 Å². The van der Waals surface area contributed by atoms with Crippen LogP contribution in [0.15, 0.2) is 29.2 Å². The summed E-state index contributed by atoms with van der Waals surface area (Å²) in [5.41, 5.74) is 4.44. The molecule has 0 fully saturated rings. The lowest BCUT2D eigenvalue weighted by molar-refractivity contribution is -0.386. The molecule has 0 saturated heterocycles. The number of nitrogens with zero attached hydrogens (tertiary/aromatic N) is 1. The number of benzene rings is 1. The van der Waals surface area contributed by atoms with Gasteiger partial charge < -0.3 is 10.7 Å². The molecule has 94 valence electrons. The topological polar surface area (TPSA) is 119 Å². The lowest BCUT2D eigenvalue weighted by atomic mass is 10.1. The molecule has 0 aliphatic heterocycles. The lowest BCUT2D eigenvalue weighted by Crippen LogP contribution is -2.09. The van der Waals surface area contributed by atoms with Crippen LogP contribution in [0.1, 0.15) is 5.56 Å². The highest BCUT2D eigenvalue weighted by atomic mass is 16.6. The molecule has 0 aliphatic rings. The molecule has 0 aliphatic carbocycles. The van der Waals surface area contributed by atoms with Gasteiger partial charge in [-0.15, -0.1) is 0 Å². The van der Waals surface area contributed by atoms with Crippen molar-refractivity contribution in [3.8, 4) is 11.8 Å². The quantitative estimate of drug-likeness (QED) is 0.433. The molecular weight excluding hydrogens is 250 g/mol. The van der Waals surface area contributed by atoms with Crippen LogP contribution in [0, 0.1) is 22.0 Å². The van der Waals surface area contributed by atoms with E-state index in [0.717, 1.165) is 6.20 Å². The van der Waals surface area contributed by atoms with Gasteiger partial charge in [0.1, 0.15) is 0 Å². The van der Waals surface area contributed by atoms with Gasteiger partial charge in [0, 0.05) is 11.1 Å². The smallest absolute Gasteiger partial charge is 0.332 e. The number of nitrogens with two attached hydrogens (primary N) is 1. The third-order valence-electron chi connectivity index (χ3n) is 2.39. The van der Waals surface area contributed by atoms with Gasteiger partial charge >= 0.3 is 5.69 Å². The van der Waals surface area contributed by atoms with E-state index in [4.69, 9.17) is 5.73 Å². The van der Waals surface area contributed by atoms with Gasteiger partial charge in [0.2, 0.25) is 0 Å². The highest BCUT2D eigenvalue weighted by Gasteiger charge is 2.14. The van der Waals surface area contributed by atoms with Crippen LogP contribution < -0.4 is 11.2 Å². The van der Waals surface area contributed by atoms with Gasteiger partial charge in [-0.05, 0) is 24.1 Å². The van der Waals surface area contributed by atoms with Crippen molar-refractivity contribution < 1.29 is 9.72 Å². The highest BCUT2D eigenvalue weighted by Crippen LogP contribution is 2.13. The van der Waals surface area contributed by atoms with E-state index in [2.05, 4.69) is 16.8 Å². The number of nitro groups is 1. The van der Waals surface area contributed by atoms with E-state index in [9.17, 15) is 19.7 Å². The van der Waals surface area contributed by atoms with Crippen LogP contribution in [-0.2, 0) is 4.79 Å². The van der Waals surface area contributed by atoms with Crippen molar-refractivity contribution in [2.75, 3.05) is 0 Å². The van der Waals surface area contributed by atoms with Crippen molar-refractivity contribution >= 4 is 22.5 Å². The number of rotatable bonds is 1. The molecule has 7 heteroatoms. The normalized spacial score (nSPS) is 9.68. The van der Waals surface area contributed by atoms with Gasteiger partial charge in [0.25, 0.3) is 11.3 Å². The van der Waals surface area contributed by atoms with Crippen molar-refractivity contribution in [3.63, 3.8) is 0 Å². The Morgan fingerprint density at radius 1 is 1.42 bits per heavy atom. The number of amides is 1. The fourth-order valence-corrected chi connectivity index (χ4v) is 1.55. The van der Waals surface area contributed by atoms with E-state index in [1.54, 1.807) is 12.1 Å². The van der Waals surface area contributed by atoms with Gasteiger partial charge in [-0.25, -0.2) is 0 Å². The maximum absolute atomic E-state index is 11.9. The molecule has 0 bridgehead atoms. The number of hydrogen-bond donors (Lipinski definition) is 2. The molecule has 2 rings (SSSR count). The maximum atomic E-state index is 11.9. The Kier molecular flexibility index (Phi) is 3.00. The molecule has 0 spiro atoms. The van der Waals surface area contributed by atoms with E-state index in [1.807, 2.05) is 0 Å². The number of H-pyrrole nitrogens is 1. The molecule has 1 amide bonds. The average molecular weight is 257 g/mol. The molecule has 3 N–H and O–H groups in total. The lowest BCUT2D eigenvalue weighted by Gasteiger charge is -1.98. The van der Waals surface area contributed by atoms with E-state index in [1.165, 1.54) is 6.07 Å². The van der Waals surface area contributed by atoms with Gasteiger partial charge in [0.05, 0.1) is 16.5 Å². The molecule has 0 unspecified atom stereocenters. The molecule has 1 aromatic carbocycles. The molecule has 0 saturated carbocycles. The number of carbonyl (C=O) groups excluding carboxylic acids is 1. The third-order valence-corrected chi connectivity index (χ3v) is 2.39. The van der Waals surface area contributed by atoms with Crippen molar-refractivity contribution in [1.29, 1.82) is 0 Å². The summed E-state index contributed by atoms with van der Waals surface area (Å²) < 4.78 is 0. The van der Waals surface area contributed by atoms with Crippen LogP contribution >= 0.6 is 0 Å². The first-order valence-corrected chi connectivity index (χ1v) is 5.10. The van der Waals surface area contributed by atoms with Crippen molar-refractivity contribution in [1.82, 2.24) is 4.98 Å². The second-order valence-corrected chi connectivity index (χ2v) is 3.63. The fraction of sp³-hybridized carbons (Fsp3) is 0. The van der Waals surface area contributed by atoms with Crippen molar-refractivity contribution in [2.24, 2.45) is 5.73 Å². The maximum Gasteiger partial charge on any atom is 0.332 e. The van der Waals surface area contributed by atoms with Crippen LogP contribution in [-0.4, -0.2) is 15.8 Å². The van der Waals surface area contributed by atoms with E-state index in [0.29, 0.717) is 11.1 Å². The van der Waals surface area contributed by atoms with Crippen LogP contribution in [0.5, 0.6) is 0 Å². The van der Waals surface area contributed by atoms with Crippen molar-refractivity contribution in [3.05, 3.63) is 50.3 Å². The Hall–Kier alpha value is -3.14. The number of aromatic nitrogens is 1. The summed E-state index contributed by atoms with van der Waals surface area (Å²) in [5.74, 6) is 3.79. The monoisotopic (exact) mass is 257 g/mol. The van der Waals surface area contributed by atoms with Gasteiger partial charge in [-0.2, -0.15) is 0 Å². The largest absolute Gasteiger partial charge is 0.359 e. The number of fused-ring (bicyclic) bond motifs is 1. The molecule has 0 radical (unpaired) electrons. The Balaban J connectivity index is 2.68. The highest BCUT2D eigenvalue weighted by molar-refractivity contribution is 5.93. The number of primary amides is 1. The molecule has 7 nitrogen and oxygen atoms in total. The Morgan fingerprint density at radius 2 is 2.16 bits per heavy atom. The SMILES string of the molecule is NC(=O)C#Cc1ccc2[nH]cc([N+](=O)[O-])c(=O)c2c1.